The van der Waals surface area contributed by atoms with Crippen molar-refractivity contribution in [3.63, 3.8) is 0 Å². The van der Waals surface area contributed by atoms with Crippen LogP contribution in [0.25, 0.3) is 32.1 Å². The van der Waals surface area contributed by atoms with Crippen LogP contribution in [0.5, 0.6) is 11.8 Å². The molecule has 4 aromatic rings. The van der Waals surface area contributed by atoms with Gasteiger partial charge in [0.05, 0.1) is 32.3 Å². The summed E-state index contributed by atoms with van der Waals surface area (Å²) in [6.07, 6.45) is 1.44. The predicted molar refractivity (Wildman–Crippen MR) is 165 cm³/mol. The first-order valence-corrected chi connectivity index (χ1v) is 16.0. The van der Waals surface area contributed by atoms with E-state index in [0.29, 0.717) is 25.8 Å². The lowest BCUT2D eigenvalue weighted by Crippen LogP contribution is -2.65. The lowest BCUT2D eigenvalue weighted by molar-refractivity contribution is -0.0268. The summed E-state index contributed by atoms with van der Waals surface area (Å²) in [5, 5.41) is 21.1. The van der Waals surface area contributed by atoms with Crippen LogP contribution >= 0.6 is 22.9 Å². The van der Waals surface area contributed by atoms with Gasteiger partial charge >= 0.3 is 6.01 Å². The molecule has 4 atom stereocenters. The van der Waals surface area contributed by atoms with Crippen LogP contribution in [-0.2, 0) is 0 Å². The number of thiophene rings is 1. The minimum Gasteiger partial charge on any atom is -0.489 e. The Bertz CT molecular complexity index is 1970. The third-order valence-corrected chi connectivity index (χ3v) is 11.7. The van der Waals surface area contributed by atoms with Gasteiger partial charge in [-0.2, -0.15) is 15.2 Å². The second kappa shape index (κ2) is 9.96. The van der Waals surface area contributed by atoms with Gasteiger partial charge in [-0.05, 0) is 43.9 Å². The third kappa shape index (κ3) is 3.92. The average molecular weight is 657 g/mol. The van der Waals surface area contributed by atoms with Gasteiger partial charge in [0.2, 0.25) is 0 Å². The molecule has 2 unspecified atom stereocenters. The molecule has 234 valence electrons. The number of nitriles is 1. The second-order valence-electron chi connectivity index (χ2n) is 12.5. The molecule has 45 heavy (non-hydrogen) atoms. The number of nitrogens with two attached hydrogens (primary N) is 1. The zero-order valence-corrected chi connectivity index (χ0v) is 25.7. The average Bonchev–Trinajstić information content (AvgIpc) is 3.63. The van der Waals surface area contributed by atoms with Crippen molar-refractivity contribution in [2.24, 2.45) is 0 Å². The van der Waals surface area contributed by atoms with E-state index in [1.54, 1.807) is 11.9 Å². The maximum absolute atomic E-state index is 17.0. The van der Waals surface area contributed by atoms with Crippen molar-refractivity contribution in [2.75, 3.05) is 44.0 Å². The molecule has 3 fully saturated rings. The van der Waals surface area contributed by atoms with Gasteiger partial charge in [0.25, 0.3) is 0 Å². The molecule has 8 rings (SSSR count). The summed E-state index contributed by atoms with van der Waals surface area (Å²) >= 11 is 7.86. The molecule has 1 saturated carbocycles. The van der Waals surface area contributed by atoms with E-state index in [4.69, 9.17) is 31.8 Å². The molecule has 3 N–H and O–H groups in total. The van der Waals surface area contributed by atoms with Crippen molar-refractivity contribution in [2.45, 2.75) is 55.5 Å². The van der Waals surface area contributed by atoms with E-state index in [9.17, 15) is 19.1 Å². The summed E-state index contributed by atoms with van der Waals surface area (Å²) in [6, 6.07) is 4.43. The van der Waals surface area contributed by atoms with Gasteiger partial charge in [0, 0.05) is 31.0 Å². The smallest absolute Gasteiger partial charge is 0.319 e. The van der Waals surface area contributed by atoms with Crippen molar-refractivity contribution in [1.82, 2.24) is 14.9 Å². The summed E-state index contributed by atoms with van der Waals surface area (Å²) in [5.41, 5.74) is 4.59. The standard InChI is InChI=1S/C31H28ClF3N6O3S/c1-40-28-21-24(38-29(39-28)44-12-30-6-2-8-41(30)11-14(33)9-30)23(35)20(22(32)25(21)43-13-31(40)7-5-18(31)42)15-3-4-17(34)26-19(15)16(10-36)27(37)45-26/h3-4,14,18,42H,2,5-9,11-13,37H2,1H3/t14-,18?,30+,31?/m1/s1. The number of halogens is 4. The number of nitrogen functional groups attached to an aromatic ring is 1. The Labute approximate surface area is 264 Å². The normalized spacial score (nSPS) is 27.4. The first kappa shape index (κ1) is 28.9. The number of aliphatic hydroxyl groups is 1. The first-order valence-electron chi connectivity index (χ1n) is 14.8. The number of hydrogen-bond donors (Lipinski definition) is 2. The highest BCUT2D eigenvalue weighted by Crippen LogP contribution is 2.53. The van der Waals surface area contributed by atoms with E-state index < -0.39 is 35.0 Å². The number of hydrogen-bond acceptors (Lipinski definition) is 10. The van der Waals surface area contributed by atoms with E-state index in [1.165, 1.54) is 12.1 Å². The van der Waals surface area contributed by atoms with Crippen molar-refractivity contribution in [1.29, 1.82) is 5.26 Å². The van der Waals surface area contributed by atoms with Gasteiger partial charge in [-0.1, -0.05) is 17.7 Å². The Morgan fingerprint density at radius 3 is 2.84 bits per heavy atom. The highest BCUT2D eigenvalue weighted by Gasteiger charge is 2.53. The molecular formula is C31H28ClF3N6O3S. The minimum atomic E-state index is -0.957. The van der Waals surface area contributed by atoms with E-state index in [1.807, 2.05) is 6.07 Å². The monoisotopic (exact) mass is 656 g/mol. The minimum absolute atomic E-state index is 0.0126. The van der Waals surface area contributed by atoms with Crippen LogP contribution < -0.4 is 20.1 Å². The lowest BCUT2D eigenvalue weighted by atomic mass is 9.73. The van der Waals surface area contributed by atoms with Crippen molar-refractivity contribution in [3.8, 4) is 29.0 Å². The molecule has 2 saturated heterocycles. The molecule has 0 radical (unpaired) electrons. The Balaban J connectivity index is 1.35. The first-order chi connectivity index (χ1) is 21.6. The van der Waals surface area contributed by atoms with Crippen molar-refractivity contribution in [3.05, 3.63) is 34.4 Å². The van der Waals surface area contributed by atoms with Crippen LogP contribution in [0.1, 0.15) is 37.7 Å². The van der Waals surface area contributed by atoms with E-state index in [0.717, 1.165) is 30.7 Å². The molecule has 1 spiro atoms. The number of anilines is 2. The van der Waals surface area contributed by atoms with Crippen molar-refractivity contribution < 1.29 is 27.8 Å². The maximum Gasteiger partial charge on any atom is 0.319 e. The maximum atomic E-state index is 17.0. The van der Waals surface area contributed by atoms with Crippen LogP contribution in [0, 0.1) is 23.0 Å². The van der Waals surface area contributed by atoms with Crippen LogP contribution in [-0.4, -0.2) is 76.7 Å². The quantitative estimate of drug-likeness (QED) is 0.290. The number of aliphatic hydroxyl groups excluding tert-OH is 1. The number of fused-ring (bicyclic) bond motifs is 2. The van der Waals surface area contributed by atoms with E-state index in [2.05, 4.69) is 9.88 Å². The highest BCUT2D eigenvalue weighted by molar-refractivity contribution is 7.23. The van der Waals surface area contributed by atoms with E-state index in [-0.39, 0.29) is 78.5 Å². The Kier molecular flexibility index (Phi) is 6.39. The molecule has 0 bridgehead atoms. The van der Waals surface area contributed by atoms with Gasteiger partial charge < -0.3 is 25.2 Å². The molecule has 9 nitrogen and oxygen atoms in total. The van der Waals surface area contributed by atoms with Crippen molar-refractivity contribution >= 4 is 54.7 Å². The van der Waals surface area contributed by atoms with Crippen LogP contribution in [0.3, 0.4) is 0 Å². The summed E-state index contributed by atoms with van der Waals surface area (Å²) in [6.45, 7) is 1.27. The molecule has 1 aliphatic carbocycles. The molecule has 3 aliphatic heterocycles. The molecule has 4 aliphatic rings. The highest BCUT2D eigenvalue weighted by atomic mass is 35.5. The number of ether oxygens (including phenoxy) is 2. The fourth-order valence-corrected chi connectivity index (χ4v) is 9.02. The van der Waals surface area contributed by atoms with E-state index >= 15 is 4.39 Å². The Hall–Kier alpha value is -3.57. The largest absolute Gasteiger partial charge is 0.489 e. The Morgan fingerprint density at radius 2 is 2.11 bits per heavy atom. The van der Waals surface area contributed by atoms with Gasteiger partial charge in [0.15, 0.2) is 11.6 Å². The van der Waals surface area contributed by atoms with Crippen LogP contribution in [0.2, 0.25) is 5.02 Å². The zero-order valence-electron chi connectivity index (χ0n) is 24.2. The third-order valence-electron chi connectivity index (χ3n) is 10.3. The number of benzene rings is 2. The number of rotatable bonds is 4. The molecule has 2 aromatic carbocycles. The summed E-state index contributed by atoms with van der Waals surface area (Å²) in [4.78, 5) is 13.1. The van der Waals surface area contributed by atoms with Gasteiger partial charge in [-0.15, -0.1) is 11.3 Å². The summed E-state index contributed by atoms with van der Waals surface area (Å²) in [5.74, 6) is -1.08. The zero-order chi connectivity index (χ0) is 31.4. The van der Waals surface area contributed by atoms with Gasteiger partial charge in [-0.25, -0.2) is 13.2 Å². The fraction of sp³-hybridized carbons (Fsp3) is 0.452. The number of alkyl halides is 1. The van der Waals surface area contributed by atoms with Gasteiger partial charge in [0.1, 0.15) is 53.1 Å². The van der Waals surface area contributed by atoms with Gasteiger partial charge in [-0.3, -0.25) is 4.90 Å². The fourth-order valence-electron chi connectivity index (χ4n) is 7.74. The summed E-state index contributed by atoms with van der Waals surface area (Å²) in [7, 11) is 1.75. The Morgan fingerprint density at radius 1 is 1.29 bits per heavy atom. The molecular weight excluding hydrogens is 629 g/mol. The molecule has 5 heterocycles. The number of nitrogens with zero attached hydrogens (tertiary/aromatic N) is 5. The second-order valence-corrected chi connectivity index (χ2v) is 13.9. The van der Waals surface area contributed by atoms with Crippen LogP contribution in [0.4, 0.5) is 24.0 Å². The predicted octanol–water partition coefficient (Wildman–Crippen LogP) is 5.57. The molecule has 2 aromatic heterocycles. The molecule has 14 heteroatoms. The number of aromatic nitrogens is 2. The van der Waals surface area contributed by atoms with Crippen LogP contribution in [0.15, 0.2) is 12.1 Å². The summed E-state index contributed by atoms with van der Waals surface area (Å²) < 4.78 is 58.9. The topological polar surface area (TPSA) is 121 Å². The number of likely N-dealkylation sites (N-methyl/N-ethyl adjacent to an activating group) is 1. The SMILES string of the molecule is CN1c2nc(OC[C@@]34CCCN3C[C@H](F)C4)nc3c(F)c(-c4ccc(F)c5sc(N)c(C#N)c45)c(Cl)c(c23)OCC12CCC2O. The molecule has 0 amide bonds. The lowest BCUT2D eigenvalue weighted by Gasteiger charge is -2.51.